The normalized spacial score (nSPS) is 11.5. The molecule has 0 aliphatic rings. The minimum atomic E-state index is -2.92. The zero-order valence-corrected chi connectivity index (χ0v) is 9.31. The second-order valence-electron chi connectivity index (χ2n) is 2.73. The maximum absolute atomic E-state index is 10.8. The van der Waals surface area contributed by atoms with Gasteiger partial charge in [0, 0.05) is 24.4 Å². The lowest BCUT2D eigenvalue weighted by Gasteiger charge is -2.01. The second-order valence-corrected chi connectivity index (χ2v) is 6.07. The molecule has 1 aromatic heterocycles. The molecule has 0 bridgehead atoms. The van der Waals surface area contributed by atoms with E-state index in [9.17, 15) is 8.42 Å². The maximum atomic E-state index is 10.8. The van der Waals surface area contributed by atoms with Gasteiger partial charge in [-0.1, -0.05) is 0 Å². The summed E-state index contributed by atoms with van der Waals surface area (Å²) in [6.45, 7) is 0. The lowest BCUT2D eigenvalue weighted by molar-refractivity contribution is 0.603. The Labute approximate surface area is 87.1 Å². The summed E-state index contributed by atoms with van der Waals surface area (Å²) < 4.78 is 21.7. The van der Waals surface area contributed by atoms with Crippen molar-refractivity contribution in [1.29, 1.82) is 0 Å². The van der Waals surface area contributed by atoms with Gasteiger partial charge in [-0.2, -0.15) is 0 Å². The summed E-state index contributed by atoms with van der Waals surface area (Å²) in [5, 5.41) is 0.580. The smallest absolute Gasteiger partial charge is 0.156 e. The Morgan fingerprint density at radius 3 is 2.64 bits per heavy atom. The minimum Gasteiger partial charge on any atom is -0.381 e. The molecule has 7 heteroatoms. The van der Waals surface area contributed by atoms with Crippen molar-refractivity contribution >= 4 is 27.4 Å². The molecule has 5 nitrogen and oxygen atoms in total. The van der Waals surface area contributed by atoms with Crippen LogP contribution in [0.1, 0.15) is 0 Å². The molecule has 0 saturated heterocycles. The molecule has 0 aromatic carbocycles. The lowest BCUT2D eigenvalue weighted by atomic mass is 10.7. The van der Waals surface area contributed by atoms with Crippen LogP contribution in [0.3, 0.4) is 0 Å². The van der Waals surface area contributed by atoms with E-state index in [4.69, 9.17) is 5.73 Å². The third-order valence-electron chi connectivity index (χ3n) is 1.38. The van der Waals surface area contributed by atoms with Gasteiger partial charge in [-0.15, -0.1) is 11.8 Å². The highest BCUT2D eigenvalue weighted by atomic mass is 32.2. The average Bonchev–Trinajstić information content (AvgIpc) is 2.06. The Balaban J connectivity index is 2.51. The number of anilines is 1. The van der Waals surface area contributed by atoms with Crippen molar-refractivity contribution in [3.63, 3.8) is 0 Å². The number of thioether (sulfide) groups is 1. The average molecular weight is 233 g/mol. The summed E-state index contributed by atoms with van der Waals surface area (Å²) in [6.07, 6.45) is 4.22. The molecular formula is C7H11N3O2S2. The number of hydrogen-bond donors (Lipinski definition) is 1. The van der Waals surface area contributed by atoms with E-state index in [0.717, 1.165) is 0 Å². The number of nitrogens with two attached hydrogens (primary N) is 1. The SMILES string of the molecule is CS(=O)(=O)CCSc1nccnc1N. The Morgan fingerprint density at radius 1 is 1.43 bits per heavy atom. The van der Waals surface area contributed by atoms with Gasteiger partial charge in [-0.25, -0.2) is 18.4 Å². The molecule has 0 spiro atoms. The summed E-state index contributed by atoms with van der Waals surface area (Å²) in [6, 6.07) is 0. The molecule has 0 saturated carbocycles. The summed E-state index contributed by atoms with van der Waals surface area (Å²) in [5.74, 6) is 0.904. The number of nitrogen functional groups attached to an aromatic ring is 1. The van der Waals surface area contributed by atoms with Gasteiger partial charge in [0.15, 0.2) is 5.82 Å². The molecule has 14 heavy (non-hydrogen) atoms. The third-order valence-corrected chi connectivity index (χ3v) is 3.58. The van der Waals surface area contributed by atoms with E-state index >= 15 is 0 Å². The zero-order valence-electron chi connectivity index (χ0n) is 7.67. The van der Waals surface area contributed by atoms with Crippen molar-refractivity contribution in [1.82, 2.24) is 9.97 Å². The molecule has 1 heterocycles. The van der Waals surface area contributed by atoms with E-state index in [-0.39, 0.29) is 5.75 Å². The van der Waals surface area contributed by atoms with Crippen LogP contribution < -0.4 is 5.73 Å². The first-order valence-electron chi connectivity index (χ1n) is 3.86. The van der Waals surface area contributed by atoms with Crippen molar-refractivity contribution in [3.8, 4) is 0 Å². The van der Waals surface area contributed by atoms with Crippen molar-refractivity contribution < 1.29 is 8.42 Å². The van der Waals surface area contributed by atoms with Crippen LogP contribution in [0.25, 0.3) is 0 Å². The van der Waals surface area contributed by atoms with Gasteiger partial charge < -0.3 is 5.73 Å². The maximum Gasteiger partial charge on any atom is 0.156 e. The Bertz CT molecular complexity index is 405. The third kappa shape index (κ3) is 3.93. The largest absolute Gasteiger partial charge is 0.381 e. The molecule has 0 aliphatic carbocycles. The molecule has 78 valence electrons. The van der Waals surface area contributed by atoms with Crippen LogP contribution in [-0.2, 0) is 9.84 Å². The molecule has 2 N–H and O–H groups in total. The minimum absolute atomic E-state index is 0.119. The van der Waals surface area contributed by atoms with Crippen LogP contribution in [-0.4, -0.2) is 36.1 Å². The van der Waals surface area contributed by atoms with Crippen molar-refractivity contribution in [2.75, 3.05) is 23.5 Å². The summed E-state index contributed by atoms with van der Waals surface area (Å²) in [7, 11) is -2.92. The van der Waals surface area contributed by atoms with Gasteiger partial charge in [0.25, 0.3) is 0 Å². The fraction of sp³-hybridized carbons (Fsp3) is 0.429. The quantitative estimate of drug-likeness (QED) is 0.747. The van der Waals surface area contributed by atoms with Crippen LogP contribution in [0.5, 0.6) is 0 Å². The molecule has 0 aliphatic heterocycles. The zero-order chi connectivity index (χ0) is 10.6. The van der Waals surface area contributed by atoms with Gasteiger partial charge in [0.2, 0.25) is 0 Å². The van der Waals surface area contributed by atoms with Crippen LogP contribution in [0.2, 0.25) is 0 Å². The number of rotatable bonds is 4. The van der Waals surface area contributed by atoms with Crippen LogP contribution >= 0.6 is 11.8 Å². The van der Waals surface area contributed by atoms with Crippen LogP contribution in [0, 0.1) is 0 Å². The van der Waals surface area contributed by atoms with E-state index in [1.807, 2.05) is 0 Å². The summed E-state index contributed by atoms with van der Waals surface area (Å²) >= 11 is 1.30. The highest BCUT2D eigenvalue weighted by Crippen LogP contribution is 2.19. The number of aromatic nitrogens is 2. The van der Waals surface area contributed by atoms with Crippen molar-refractivity contribution in [2.45, 2.75) is 5.03 Å². The van der Waals surface area contributed by atoms with E-state index in [1.165, 1.54) is 30.4 Å². The fourth-order valence-electron chi connectivity index (χ4n) is 0.737. The number of hydrogen-bond acceptors (Lipinski definition) is 6. The van der Waals surface area contributed by atoms with Gasteiger partial charge in [-0.05, 0) is 0 Å². The Hall–Kier alpha value is -0.820. The molecule has 1 rings (SSSR count). The topological polar surface area (TPSA) is 85.9 Å². The number of nitrogens with zero attached hydrogens (tertiary/aromatic N) is 2. The standard InChI is InChI=1S/C7H11N3O2S2/c1-14(11,12)5-4-13-7-6(8)9-2-3-10-7/h2-3H,4-5H2,1H3,(H2,8,9). The van der Waals surface area contributed by atoms with Gasteiger partial charge in [0.05, 0.1) is 5.75 Å². The molecule has 0 atom stereocenters. The molecule has 0 fully saturated rings. The van der Waals surface area contributed by atoms with Crippen molar-refractivity contribution in [3.05, 3.63) is 12.4 Å². The lowest BCUT2D eigenvalue weighted by Crippen LogP contribution is -2.05. The molecule has 0 unspecified atom stereocenters. The molecule has 1 aromatic rings. The summed E-state index contributed by atoms with van der Waals surface area (Å²) in [5.41, 5.74) is 5.53. The highest BCUT2D eigenvalue weighted by molar-refractivity contribution is 8.00. The summed E-state index contributed by atoms with van der Waals surface area (Å²) in [4.78, 5) is 7.82. The number of sulfone groups is 1. The van der Waals surface area contributed by atoms with Crippen LogP contribution in [0.15, 0.2) is 17.4 Å². The Morgan fingerprint density at radius 2 is 2.07 bits per heavy atom. The van der Waals surface area contributed by atoms with Gasteiger partial charge in [0.1, 0.15) is 14.9 Å². The van der Waals surface area contributed by atoms with Crippen LogP contribution in [0.4, 0.5) is 5.82 Å². The monoisotopic (exact) mass is 233 g/mol. The van der Waals surface area contributed by atoms with E-state index in [1.54, 1.807) is 0 Å². The first kappa shape index (κ1) is 11.3. The first-order valence-corrected chi connectivity index (χ1v) is 6.90. The molecule has 0 amide bonds. The molecular weight excluding hydrogens is 222 g/mol. The predicted molar refractivity (Wildman–Crippen MR) is 56.9 cm³/mol. The van der Waals surface area contributed by atoms with E-state index in [2.05, 4.69) is 9.97 Å². The fourth-order valence-corrected chi connectivity index (χ4v) is 2.81. The molecule has 0 radical (unpaired) electrons. The Kier molecular flexibility index (Phi) is 3.70. The van der Waals surface area contributed by atoms with Gasteiger partial charge in [-0.3, -0.25) is 0 Å². The van der Waals surface area contributed by atoms with E-state index < -0.39 is 9.84 Å². The van der Waals surface area contributed by atoms with Gasteiger partial charge >= 0.3 is 0 Å². The van der Waals surface area contributed by atoms with E-state index in [0.29, 0.717) is 16.6 Å². The highest BCUT2D eigenvalue weighted by Gasteiger charge is 2.05. The van der Waals surface area contributed by atoms with Crippen molar-refractivity contribution in [2.24, 2.45) is 0 Å². The first-order chi connectivity index (χ1) is 6.49. The predicted octanol–water partition coefficient (Wildman–Crippen LogP) is 0.196. The second kappa shape index (κ2) is 4.61.